The summed E-state index contributed by atoms with van der Waals surface area (Å²) in [5.74, 6) is 0.239. The second kappa shape index (κ2) is 7.21. The number of amides is 1. The van der Waals surface area contributed by atoms with E-state index in [-0.39, 0.29) is 18.1 Å². The summed E-state index contributed by atoms with van der Waals surface area (Å²) in [5.41, 5.74) is 2.53. The monoisotopic (exact) mass is 320 g/mol. The van der Waals surface area contributed by atoms with Gasteiger partial charge in [-0.3, -0.25) is 4.79 Å². The number of nitrogens with one attached hydrogen (secondary N) is 1. The van der Waals surface area contributed by atoms with Gasteiger partial charge in [-0.15, -0.1) is 0 Å². The molecule has 1 aromatic carbocycles. The third-order valence-corrected chi connectivity index (χ3v) is 3.51. The van der Waals surface area contributed by atoms with Gasteiger partial charge in [-0.25, -0.2) is 9.97 Å². The molecule has 2 aromatic rings. The molecule has 1 N–H and O–H groups in total. The van der Waals surface area contributed by atoms with Crippen molar-refractivity contribution in [3.63, 3.8) is 0 Å². The number of benzene rings is 1. The number of aryl methyl sites for hydroxylation is 1. The molecule has 7 heteroatoms. The van der Waals surface area contributed by atoms with Crippen molar-refractivity contribution in [2.75, 3.05) is 17.3 Å². The Labute approximate surface area is 140 Å². The maximum Gasteiger partial charge on any atom is 0.224 e. The molecule has 0 fully saturated rings. The average molecular weight is 320 g/mol. The molecule has 0 aliphatic rings. The minimum atomic E-state index is -0.169. The van der Waals surface area contributed by atoms with Crippen LogP contribution < -0.4 is 10.2 Å². The van der Waals surface area contributed by atoms with Gasteiger partial charge in [-0.2, -0.15) is 10.5 Å². The molecule has 0 unspecified atom stereocenters. The van der Waals surface area contributed by atoms with Gasteiger partial charge in [-0.05, 0) is 31.2 Å². The Morgan fingerprint density at radius 3 is 2.38 bits per heavy atom. The van der Waals surface area contributed by atoms with Crippen molar-refractivity contribution in [3.05, 3.63) is 46.9 Å². The number of carbonyl (C=O) groups excluding carboxylic acids is 1. The van der Waals surface area contributed by atoms with E-state index in [2.05, 4.69) is 15.3 Å². The zero-order chi connectivity index (χ0) is 17.7. The van der Waals surface area contributed by atoms with Gasteiger partial charge >= 0.3 is 0 Å². The lowest BCUT2D eigenvalue weighted by Gasteiger charge is -2.22. The first-order valence-corrected chi connectivity index (χ1v) is 7.23. The molecule has 120 valence electrons. The van der Waals surface area contributed by atoms with Gasteiger partial charge in [0.25, 0.3) is 0 Å². The van der Waals surface area contributed by atoms with Crippen LogP contribution in [0.25, 0.3) is 0 Å². The number of nitriles is 2. The van der Waals surface area contributed by atoms with Crippen LogP contribution in [0.1, 0.15) is 29.6 Å². The van der Waals surface area contributed by atoms with Crippen molar-refractivity contribution in [1.29, 1.82) is 10.5 Å². The van der Waals surface area contributed by atoms with E-state index in [0.717, 1.165) is 0 Å². The number of rotatable bonds is 4. The van der Waals surface area contributed by atoms with Crippen molar-refractivity contribution < 1.29 is 4.79 Å². The van der Waals surface area contributed by atoms with E-state index in [4.69, 9.17) is 5.26 Å². The Bertz CT molecular complexity index is 845. The minimum Gasteiger partial charge on any atom is -0.371 e. The lowest BCUT2D eigenvalue weighted by Crippen LogP contribution is -2.29. The van der Waals surface area contributed by atoms with Crippen molar-refractivity contribution in [2.24, 2.45) is 0 Å². The molecule has 1 heterocycles. The fourth-order valence-electron chi connectivity index (χ4n) is 2.21. The molecule has 7 nitrogen and oxygen atoms in total. The molecule has 0 saturated carbocycles. The van der Waals surface area contributed by atoms with Gasteiger partial charge in [0, 0.05) is 19.7 Å². The number of hydrogen-bond donors (Lipinski definition) is 1. The highest BCUT2D eigenvalue weighted by Crippen LogP contribution is 2.20. The molecule has 0 saturated heterocycles. The Morgan fingerprint density at radius 1 is 1.21 bits per heavy atom. The second-order valence-electron chi connectivity index (χ2n) is 5.08. The molecule has 0 atom stereocenters. The predicted octanol–water partition coefficient (Wildman–Crippen LogP) is 2.12. The van der Waals surface area contributed by atoms with E-state index in [0.29, 0.717) is 28.5 Å². The van der Waals surface area contributed by atoms with Gasteiger partial charge < -0.3 is 10.2 Å². The number of nitrogens with zero attached hydrogens (tertiary/aromatic N) is 5. The molecule has 0 aliphatic heterocycles. The summed E-state index contributed by atoms with van der Waals surface area (Å²) < 4.78 is 0. The highest BCUT2D eigenvalue weighted by Gasteiger charge is 2.17. The van der Waals surface area contributed by atoms with Crippen LogP contribution in [0.3, 0.4) is 0 Å². The SMILES string of the molecule is CNc1nc(C)c(CN(C(C)=O)c2ccc(C#N)cc2)nc1C#N. The zero-order valence-corrected chi connectivity index (χ0v) is 13.7. The first-order valence-electron chi connectivity index (χ1n) is 7.23. The summed E-state index contributed by atoms with van der Waals surface area (Å²) in [5, 5.41) is 20.9. The minimum absolute atomic E-state index is 0.169. The molecule has 0 spiro atoms. The van der Waals surface area contributed by atoms with Crippen LogP contribution in [-0.2, 0) is 11.3 Å². The number of hydrogen-bond acceptors (Lipinski definition) is 6. The zero-order valence-electron chi connectivity index (χ0n) is 13.7. The normalized spacial score (nSPS) is 9.71. The van der Waals surface area contributed by atoms with Crippen LogP contribution in [0.4, 0.5) is 11.5 Å². The summed E-state index contributed by atoms with van der Waals surface area (Å²) in [4.78, 5) is 22.2. The van der Waals surface area contributed by atoms with E-state index in [1.807, 2.05) is 12.1 Å². The predicted molar refractivity (Wildman–Crippen MR) is 89.1 cm³/mol. The summed E-state index contributed by atoms with van der Waals surface area (Å²) in [6.07, 6.45) is 0. The Morgan fingerprint density at radius 2 is 1.88 bits per heavy atom. The second-order valence-corrected chi connectivity index (χ2v) is 5.08. The highest BCUT2D eigenvalue weighted by molar-refractivity contribution is 5.91. The molecule has 1 aromatic heterocycles. The topological polar surface area (TPSA) is 106 Å². The fraction of sp³-hybridized carbons (Fsp3) is 0.235. The lowest BCUT2D eigenvalue weighted by molar-refractivity contribution is -0.116. The summed E-state index contributed by atoms with van der Waals surface area (Å²) in [6.45, 7) is 3.42. The smallest absolute Gasteiger partial charge is 0.224 e. The van der Waals surface area contributed by atoms with Crippen molar-refractivity contribution >= 4 is 17.4 Å². The Kier molecular flexibility index (Phi) is 5.08. The highest BCUT2D eigenvalue weighted by atomic mass is 16.2. The van der Waals surface area contributed by atoms with Crippen molar-refractivity contribution in [2.45, 2.75) is 20.4 Å². The van der Waals surface area contributed by atoms with Crippen LogP contribution in [0.2, 0.25) is 0 Å². The van der Waals surface area contributed by atoms with Gasteiger partial charge in [0.2, 0.25) is 5.91 Å². The van der Waals surface area contributed by atoms with Gasteiger partial charge in [0.1, 0.15) is 6.07 Å². The van der Waals surface area contributed by atoms with Crippen LogP contribution in [0.15, 0.2) is 24.3 Å². The third kappa shape index (κ3) is 3.47. The summed E-state index contributed by atoms with van der Waals surface area (Å²) >= 11 is 0. The van der Waals surface area contributed by atoms with Gasteiger partial charge in [-0.1, -0.05) is 0 Å². The Balaban J connectivity index is 2.40. The fourth-order valence-corrected chi connectivity index (χ4v) is 2.21. The van der Waals surface area contributed by atoms with Crippen molar-refractivity contribution in [1.82, 2.24) is 9.97 Å². The van der Waals surface area contributed by atoms with Crippen LogP contribution >= 0.6 is 0 Å². The van der Waals surface area contributed by atoms with Crippen LogP contribution in [0.5, 0.6) is 0 Å². The van der Waals surface area contributed by atoms with E-state index in [1.165, 1.54) is 11.8 Å². The van der Waals surface area contributed by atoms with E-state index in [1.54, 1.807) is 38.2 Å². The Hall–Kier alpha value is -3.45. The maximum absolute atomic E-state index is 12.0. The molecule has 24 heavy (non-hydrogen) atoms. The largest absolute Gasteiger partial charge is 0.371 e. The summed E-state index contributed by atoms with van der Waals surface area (Å²) in [7, 11) is 1.67. The molecular formula is C17H16N6O. The van der Waals surface area contributed by atoms with E-state index >= 15 is 0 Å². The molecule has 0 bridgehead atoms. The number of aromatic nitrogens is 2. The number of anilines is 2. The molecule has 0 aliphatic carbocycles. The first kappa shape index (κ1) is 16.9. The maximum atomic E-state index is 12.0. The molecule has 0 radical (unpaired) electrons. The average Bonchev–Trinajstić information content (AvgIpc) is 2.60. The first-order chi connectivity index (χ1) is 11.5. The van der Waals surface area contributed by atoms with Crippen LogP contribution in [-0.4, -0.2) is 22.9 Å². The quantitative estimate of drug-likeness (QED) is 0.925. The van der Waals surface area contributed by atoms with Gasteiger partial charge in [0.15, 0.2) is 11.5 Å². The van der Waals surface area contributed by atoms with Gasteiger partial charge in [0.05, 0.1) is 29.6 Å². The third-order valence-electron chi connectivity index (χ3n) is 3.51. The molecule has 2 rings (SSSR count). The molecule has 1 amide bonds. The van der Waals surface area contributed by atoms with E-state index in [9.17, 15) is 10.1 Å². The van der Waals surface area contributed by atoms with E-state index < -0.39 is 0 Å². The van der Waals surface area contributed by atoms with Crippen molar-refractivity contribution in [3.8, 4) is 12.1 Å². The standard InChI is InChI=1S/C17H16N6O/c1-11-16(22-15(9-19)17(20-3)21-11)10-23(12(2)24)14-6-4-13(8-18)5-7-14/h4-7H,10H2,1-3H3,(H,20,21). The molecular weight excluding hydrogens is 304 g/mol. The number of carbonyl (C=O) groups is 1. The lowest BCUT2D eigenvalue weighted by atomic mass is 10.2. The van der Waals surface area contributed by atoms with Crippen LogP contribution in [0, 0.1) is 29.6 Å². The summed E-state index contributed by atoms with van der Waals surface area (Å²) in [6, 6.07) is 10.7.